The normalized spacial score (nSPS) is 14.1. The number of rotatable bonds is 4. The van der Waals surface area contributed by atoms with E-state index in [1.165, 1.54) is 23.5 Å². The fourth-order valence-corrected chi connectivity index (χ4v) is 4.79. The van der Waals surface area contributed by atoms with Crippen LogP contribution in [0, 0.1) is 12.7 Å². The lowest BCUT2D eigenvalue weighted by molar-refractivity contribution is 0.0740. The third-order valence-corrected chi connectivity index (χ3v) is 6.71. The van der Waals surface area contributed by atoms with Gasteiger partial charge in [-0.25, -0.2) is 14.4 Å². The number of amides is 1. The van der Waals surface area contributed by atoms with Gasteiger partial charge in [0.25, 0.3) is 5.91 Å². The first-order valence-corrected chi connectivity index (χ1v) is 11.1. The second-order valence-corrected chi connectivity index (χ2v) is 8.57. The Morgan fingerprint density at radius 2 is 1.88 bits per heavy atom. The molecule has 1 amide bonds. The molecule has 4 aromatic rings. The topological polar surface area (TPSA) is 78.0 Å². The number of H-pyrrole nitrogens is 1. The number of nitrogens with zero attached hydrogens (tertiary/aromatic N) is 5. The summed E-state index contributed by atoms with van der Waals surface area (Å²) >= 11 is 1.49. The third-order valence-electron chi connectivity index (χ3n) is 5.47. The van der Waals surface area contributed by atoms with Crippen LogP contribution < -0.4 is 4.90 Å². The Morgan fingerprint density at radius 3 is 2.59 bits per heavy atom. The highest BCUT2D eigenvalue weighted by atomic mass is 32.1. The summed E-state index contributed by atoms with van der Waals surface area (Å²) in [5.74, 6) is 0.563. The summed E-state index contributed by atoms with van der Waals surface area (Å²) in [6.07, 6.45) is 1.78. The van der Waals surface area contributed by atoms with Gasteiger partial charge in [0, 0.05) is 37.9 Å². The number of pyridine rings is 1. The number of hydrogen-bond acceptors (Lipinski definition) is 6. The van der Waals surface area contributed by atoms with Gasteiger partial charge in [0.1, 0.15) is 16.6 Å². The van der Waals surface area contributed by atoms with E-state index in [1.54, 1.807) is 24.4 Å². The maximum atomic E-state index is 13.2. The number of nitrogens with one attached hydrogen (secondary N) is 1. The van der Waals surface area contributed by atoms with E-state index in [4.69, 9.17) is 0 Å². The van der Waals surface area contributed by atoms with Gasteiger partial charge in [-0.05, 0) is 49.4 Å². The van der Waals surface area contributed by atoms with Gasteiger partial charge >= 0.3 is 0 Å². The van der Waals surface area contributed by atoms with Crippen molar-refractivity contribution in [3.05, 3.63) is 71.9 Å². The minimum atomic E-state index is -0.278. The van der Waals surface area contributed by atoms with Crippen molar-refractivity contribution in [1.29, 1.82) is 0 Å². The number of halogens is 1. The summed E-state index contributed by atoms with van der Waals surface area (Å²) in [5, 5.41) is 8.05. The van der Waals surface area contributed by atoms with Gasteiger partial charge in [0.2, 0.25) is 0 Å². The fourth-order valence-electron chi connectivity index (χ4n) is 3.75. The summed E-state index contributed by atoms with van der Waals surface area (Å²) in [4.78, 5) is 26.9. The summed E-state index contributed by atoms with van der Waals surface area (Å²) < 4.78 is 13.2. The number of hydrogen-bond donors (Lipinski definition) is 1. The van der Waals surface area contributed by atoms with Crippen molar-refractivity contribution in [2.24, 2.45) is 0 Å². The van der Waals surface area contributed by atoms with Gasteiger partial charge < -0.3 is 9.80 Å². The number of piperazine rings is 1. The predicted molar refractivity (Wildman–Crippen MR) is 122 cm³/mol. The van der Waals surface area contributed by atoms with Crippen molar-refractivity contribution in [3.8, 4) is 21.1 Å². The van der Waals surface area contributed by atoms with Crippen molar-refractivity contribution in [2.45, 2.75) is 6.92 Å². The molecule has 9 heteroatoms. The highest BCUT2D eigenvalue weighted by molar-refractivity contribution is 7.18. The molecule has 0 radical (unpaired) electrons. The molecule has 1 N–H and O–H groups in total. The van der Waals surface area contributed by atoms with Gasteiger partial charge in [0.05, 0.1) is 16.3 Å². The van der Waals surface area contributed by atoms with E-state index in [1.807, 2.05) is 30.0 Å². The number of anilines is 1. The Labute approximate surface area is 188 Å². The minimum Gasteiger partial charge on any atom is -0.353 e. The SMILES string of the molecule is Cc1nc(-c2ccc(F)cc2)sc1-c1cc(C(=O)N2CCN(c3ccccn3)CC2)n[nH]1. The molecule has 0 atom stereocenters. The largest absolute Gasteiger partial charge is 0.353 e. The second-order valence-electron chi connectivity index (χ2n) is 7.57. The van der Waals surface area contributed by atoms with E-state index >= 15 is 0 Å². The Balaban J connectivity index is 1.29. The van der Waals surface area contributed by atoms with Crippen molar-refractivity contribution < 1.29 is 9.18 Å². The fraction of sp³-hybridized carbons (Fsp3) is 0.217. The van der Waals surface area contributed by atoms with E-state index in [2.05, 4.69) is 25.1 Å². The molecule has 1 fully saturated rings. The van der Waals surface area contributed by atoms with Crippen LogP contribution >= 0.6 is 11.3 Å². The van der Waals surface area contributed by atoms with Gasteiger partial charge in [-0.2, -0.15) is 5.10 Å². The van der Waals surface area contributed by atoms with Crippen LogP contribution in [-0.4, -0.2) is 57.2 Å². The van der Waals surface area contributed by atoms with Gasteiger partial charge in [-0.1, -0.05) is 6.07 Å². The van der Waals surface area contributed by atoms with Crippen molar-refractivity contribution in [1.82, 2.24) is 25.1 Å². The van der Waals surface area contributed by atoms with Gasteiger partial charge in [0.15, 0.2) is 5.69 Å². The lowest BCUT2D eigenvalue weighted by Crippen LogP contribution is -2.49. The van der Waals surface area contributed by atoms with Crippen molar-refractivity contribution >= 4 is 23.1 Å². The standard InChI is InChI=1S/C23H21FN6OS/c1-15-21(32-22(26-15)16-5-7-17(24)8-6-16)18-14-19(28-27-18)23(31)30-12-10-29(11-13-30)20-4-2-3-9-25-20/h2-9,14H,10-13H2,1H3,(H,27,28). The highest BCUT2D eigenvalue weighted by Crippen LogP contribution is 2.34. The molecular formula is C23H21FN6OS. The molecular weight excluding hydrogens is 427 g/mol. The lowest BCUT2D eigenvalue weighted by Gasteiger charge is -2.35. The van der Waals surface area contributed by atoms with Crippen LogP contribution in [0.15, 0.2) is 54.7 Å². The monoisotopic (exact) mass is 448 g/mol. The van der Waals surface area contributed by atoms with Gasteiger partial charge in [-0.3, -0.25) is 9.89 Å². The van der Waals surface area contributed by atoms with Crippen LogP contribution in [0.3, 0.4) is 0 Å². The molecule has 5 rings (SSSR count). The number of aryl methyl sites for hydroxylation is 1. The Morgan fingerprint density at radius 1 is 1.09 bits per heavy atom. The Kier molecular flexibility index (Phi) is 5.40. The zero-order valence-electron chi connectivity index (χ0n) is 17.5. The molecule has 1 aliphatic rings. The molecule has 3 aromatic heterocycles. The highest BCUT2D eigenvalue weighted by Gasteiger charge is 2.25. The molecule has 32 heavy (non-hydrogen) atoms. The second kappa shape index (κ2) is 8.51. The summed E-state index contributed by atoms with van der Waals surface area (Å²) in [7, 11) is 0. The molecule has 1 aromatic carbocycles. The number of benzene rings is 1. The third kappa shape index (κ3) is 3.99. The Hall–Kier alpha value is -3.59. The number of thiazole rings is 1. The first kappa shape index (κ1) is 20.3. The zero-order valence-corrected chi connectivity index (χ0v) is 18.3. The van der Waals surface area contributed by atoms with Crippen LogP contribution in [0.5, 0.6) is 0 Å². The van der Waals surface area contributed by atoms with E-state index in [0.717, 1.165) is 45.7 Å². The molecule has 4 heterocycles. The molecule has 7 nitrogen and oxygen atoms in total. The predicted octanol–water partition coefficient (Wildman–Crippen LogP) is 4.01. The lowest BCUT2D eigenvalue weighted by atomic mass is 10.2. The minimum absolute atomic E-state index is 0.0888. The maximum Gasteiger partial charge on any atom is 0.274 e. The first-order chi connectivity index (χ1) is 15.6. The van der Waals surface area contributed by atoms with Gasteiger partial charge in [-0.15, -0.1) is 11.3 Å². The molecule has 0 unspecified atom stereocenters. The number of aromatic nitrogens is 4. The van der Waals surface area contributed by atoms with Crippen LogP contribution in [0.25, 0.3) is 21.1 Å². The van der Waals surface area contributed by atoms with Crippen molar-refractivity contribution in [3.63, 3.8) is 0 Å². The molecule has 0 bridgehead atoms. The number of carbonyl (C=O) groups excluding carboxylic acids is 1. The summed E-state index contributed by atoms with van der Waals surface area (Å²) in [5.41, 5.74) is 2.83. The molecule has 162 valence electrons. The molecule has 0 saturated carbocycles. The van der Waals surface area contributed by atoms with Crippen LogP contribution in [0.2, 0.25) is 0 Å². The average Bonchev–Trinajstić information content (AvgIpc) is 3.47. The molecule has 1 saturated heterocycles. The average molecular weight is 449 g/mol. The van der Waals surface area contributed by atoms with E-state index in [0.29, 0.717) is 18.8 Å². The quantitative estimate of drug-likeness (QED) is 0.511. The van der Waals surface area contributed by atoms with E-state index < -0.39 is 0 Å². The van der Waals surface area contributed by atoms with Crippen LogP contribution in [0.4, 0.5) is 10.2 Å². The van der Waals surface area contributed by atoms with E-state index in [9.17, 15) is 9.18 Å². The zero-order chi connectivity index (χ0) is 22.1. The first-order valence-electron chi connectivity index (χ1n) is 10.3. The van der Waals surface area contributed by atoms with E-state index in [-0.39, 0.29) is 11.7 Å². The Bertz CT molecular complexity index is 1230. The molecule has 1 aliphatic heterocycles. The molecule has 0 spiro atoms. The van der Waals surface area contributed by atoms with Crippen molar-refractivity contribution in [2.75, 3.05) is 31.1 Å². The van der Waals surface area contributed by atoms with Crippen LogP contribution in [-0.2, 0) is 0 Å². The smallest absolute Gasteiger partial charge is 0.274 e. The number of carbonyl (C=O) groups is 1. The number of aromatic amines is 1. The summed E-state index contributed by atoms with van der Waals surface area (Å²) in [6.45, 7) is 4.61. The van der Waals surface area contributed by atoms with Crippen LogP contribution in [0.1, 0.15) is 16.2 Å². The maximum absolute atomic E-state index is 13.2. The summed E-state index contributed by atoms with van der Waals surface area (Å²) in [6, 6.07) is 13.9. The molecule has 0 aliphatic carbocycles.